The van der Waals surface area contributed by atoms with Crippen LogP contribution in [0.15, 0.2) is 0 Å². The first-order valence-electron chi connectivity index (χ1n) is 10.1. The molecule has 1 rings (SSSR count). The molecule has 2 N–H and O–H groups in total. The number of hydrogen-bond acceptors (Lipinski definition) is 2. The summed E-state index contributed by atoms with van der Waals surface area (Å²) in [6.07, 6.45) is 13.8. The van der Waals surface area contributed by atoms with E-state index in [1.54, 1.807) is 0 Å². The Labute approximate surface area is 148 Å². The van der Waals surface area contributed by atoms with Crippen LogP contribution in [0.3, 0.4) is 0 Å². The first-order valence-corrected chi connectivity index (χ1v) is 10.1. The lowest BCUT2D eigenvalue weighted by atomic mass is 9.85. The third-order valence-electron chi connectivity index (χ3n) is 5.11. The summed E-state index contributed by atoms with van der Waals surface area (Å²) in [6, 6.07) is -0.349. The maximum absolute atomic E-state index is 12.5. The van der Waals surface area contributed by atoms with Gasteiger partial charge in [-0.25, -0.2) is 0 Å². The minimum atomic E-state index is -0.394. The van der Waals surface area contributed by atoms with E-state index in [4.69, 9.17) is 0 Å². The molecule has 1 aliphatic heterocycles. The minimum absolute atomic E-state index is 0.0208. The van der Waals surface area contributed by atoms with Gasteiger partial charge in [-0.1, -0.05) is 72.1 Å². The molecule has 140 valence electrons. The summed E-state index contributed by atoms with van der Waals surface area (Å²) in [5.41, 5.74) is -0.394. The zero-order valence-electron chi connectivity index (χ0n) is 16.1. The van der Waals surface area contributed by atoms with Gasteiger partial charge >= 0.3 is 0 Å². The van der Waals surface area contributed by atoms with Gasteiger partial charge in [0.1, 0.15) is 6.04 Å². The fourth-order valence-electron chi connectivity index (χ4n) is 3.25. The molecular formula is C20H38N2O2. The van der Waals surface area contributed by atoms with E-state index in [0.717, 1.165) is 38.6 Å². The molecule has 0 saturated carbocycles. The summed E-state index contributed by atoms with van der Waals surface area (Å²) < 4.78 is 0. The molecule has 1 saturated heterocycles. The number of hydrogen-bond donors (Lipinski definition) is 2. The number of nitrogens with one attached hydrogen (secondary N) is 2. The van der Waals surface area contributed by atoms with E-state index < -0.39 is 5.41 Å². The molecule has 4 heteroatoms. The van der Waals surface area contributed by atoms with Gasteiger partial charge in [-0.15, -0.1) is 0 Å². The van der Waals surface area contributed by atoms with Crippen molar-refractivity contribution in [2.75, 3.05) is 6.54 Å². The number of carbonyl (C=O) groups is 2. The number of carbonyl (C=O) groups excluding carboxylic acids is 2. The highest BCUT2D eigenvalue weighted by Gasteiger charge is 2.31. The largest absolute Gasteiger partial charge is 0.354 e. The lowest BCUT2D eigenvalue weighted by molar-refractivity contribution is -0.134. The Morgan fingerprint density at radius 2 is 1.71 bits per heavy atom. The highest BCUT2D eigenvalue weighted by atomic mass is 16.2. The molecular weight excluding hydrogens is 300 g/mol. The number of amides is 2. The lowest BCUT2D eigenvalue weighted by Crippen LogP contribution is -2.49. The number of rotatable bonds is 11. The van der Waals surface area contributed by atoms with Gasteiger partial charge in [0, 0.05) is 12.0 Å². The van der Waals surface area contributed by atoms with Crippen molar-refractivity contribution in [3.8, 4) is 0 Å². The van der Waals surface area contributed by atoms with Crippen molar-refractivity contribution in [1.82, 2.24) is 10.6 Å². The predicted molar refractivity (Wildman–Crippen MR) is 99.8 cm³/mol. The van der Waals surface area contributed by atoms with Crippen molar-refractivity contribution >= 4 is 11.8 Å². The Bertz CT molecular complexity index is 380. The maximum Gasteiger partial charge on any atom is 0.242 e. The van der Waals surface area contributed by atoms with Crippen LogP contribution in [0.2, 0.25) is 0 Å². The van der Waals surface area contributed by atoms with Crippen LogP contribution in [-0.2, 0) is 9.59 Å². The van der Waals surface area contributed by atoms with E-state index in [1.807, 2.05) is 13.8 Å². The van der Waals surface area contributed by atoms with Gasteiger partial charge in [0.15, 0.2) is 0 Å². The zero-order chi connectivity index (χ0) is 17.8. The van der Waals surface area contributed by atoms with Crippen molar-refractivity contribution in [3.63, 3.8) is 0 Å². The molecule has 0 aliphatic carbocycles. The summed E-state index contributed by atoms with van der Waals surface area (Å²) in [4.78, 5) is 24.5. The van der Waals surface area contributed by atoms with Gasteiger partial charge in [-0.05, 0) is 25.7 Å². The smallest absolute Gasteiger partial charge is 0.242 e. The molecule has 0 aromatic heterocycles. The fraction of sp³-hybridized carbons (Fsp3) is 0.900. The monoisotopic (exact) mass is 338 g/mol. The second-order valence-electron chi connectivity index (χ2n) is 7.92. The number of unbranched alkanes of at least 4 members (excludes halogenated alkanes) is 7. The van der Waals surface area contributed by atoms with E-state index >= 15 is 0 Å². The van der Waals surface area contributed by atoms with Crippen LogP contribution in [0.5, 0.6) is 0 Å². The Morgan fingerprint density at radius 3 is 2.38 bits per heavy atom. The highest BCUT2D eigenvalue weighted by molar-refractivity contribution is 5.89. The molecule has 0 aromatic carbocycles. The van der Waals surface area contributed by atoms with Crippen molar-refractivity contribution in [1.29, 1.82) is 0 Å². The van der Waals surface area contributed by atoms with Gasteiger partial charge < -0.3 is 10.6 Å². The van der Waals surface area contributed by atoms with E-state index in [2.05, 4.69) is 17.6 Å². The second kappa shape index (κ2) is 11.5. The highest BCUT2D eigenvalue weighted by Crippen LogP contribution is 2.25. The van der Waals surface area contributed by atoms with Crippen LogP contribution < -0.4 is 10.6 Å². The molecule has 0 radical (unpaired) electrons. The molecule has 0 unspecified atom stereocenters. The van der Waals surface area contributed by atoms with Crippen LogP contribution in [0.4, 0.5) is 0 Å². The molecule has 2 amide bonds. The summed E-state index contributed by atoms with van der Waals surface area (Å²) in [6.45, 7) is 6.97. The van der Waals surface area contributed by atoms with Crippen LogP contribution in [0.1, 0.15) is 97.8 Å². The molecule has 0 aromatic rings. The summed E-state index contributed by atoms with van der Waals surface area (Å²) >= 11 is 0. The Kier molecular flexibility index (Phi) is 10.0. The first kappa shape index (κ1) is 21.0. The maximum atomic E-state index is 12.5. The quantitative estimate of drug-likeness (QED) is 0.551. The topological polar surface area (TPSA) is 58.2 Å². The molecule has 1 aliphatic rings. The molecule has 1 atom stereocenters. The van der Waals surface area contributed by atoms with E-state index in [0.29, 0.717) is 0 Å². The summed E-state index contributed by atoms with van der Waals surface area (Å²) in [7, 11) is 0. The Morgan fingerprint density at radius 1 is 1.08 bits per heavy atom. The van der Waals surface area contributed by atoms with Crippen LogP contribution in [-0.4, -0.2) is 24.4 Å². The normalized spacial score (nSPS) is 18.8. The molecule has 0 spiro atoms. The SMILES string of the molecule is CCCCCCCCCCC(C)(C)C(=O)N[C@@H]1CCCCNC1=O. The van der Waals surface area contributed by atoms with Crippen molar-refractivity contribution in [2.45, 2.75) is 104 Å². The van der Waals surface area contributed by atoms with Gasteiger partial charge in [0.25, 0.3) is 0 Å². The Balaban J connectivity index is 2.23. The van der Waals surface area contributed by atoms with E-state index in [1.165, 1.54) is 44.9 Å². The molecule has 1 heterocycles. The van der Waals surface area contributed by atoms with Gasteiger partial charge in [0.05, 0.1) is 0 Å². The molecule has 1 fully saturated rings. The standard InChI is InChI=1S/C20H38N2O2/c1-4-5-6-7-8-9-10-12-15-20(2,3)19(24)22-17-14-11-13-16-21-18(17)23/h17H,4-16H2,1-3H3,(H,21,23)(H,22,24)/t17-/m1/s1. The molecule has 4 nitrogen and oxygen atoms in total. The van der Waals surface area contributed by atoms with E-state index in [-0.39, 0.29) is 17.9 Å². The third-order valence-corrected chi connectivity index (χ3v) is 5.11. The van der Waals surface area contributed by atoms with Gasteiger partial charge in [-0.3, -0.25) is 9.59 Å². The average Bonchev–Trinajstić information content (AvgIpc) is 2.75. The van der Waals surface area contributed by atoms with Crippen molar-refractivity contribution in [3.05, 3.63) is 0 Å². The minimum Gasteiger partial charge on any atom is -0.354 e. The van der Waals surface area contributed by atoms with E-state index in [9.17, 15) is 9.59 Å². The predicted octanol–water partition coefficient (Wildman–Crippen LogP) is 4.33. The first-order chi connectivity index (χ1) is 11.5. The van der Waals surface area contributed by atoms with Crippen molar-refractivity contribution in [2.24, 2.45) is 5.41 Å². The lowest BCUT2D eigenvalue weighted by Gasteiger charge is -2.26. The van der Waals surface area contributed by atoms with Crippen LogP contribution in [0.25, 0.3) is 0 Å². The van der Waals surface area contributed by atoms with Crippen LogP contribution in [0, 0.1) is 5.41 Å². The van der Waals surface area contributed by atoms with Crippen LogP contribution >= 0.6 is 0 Å². The molecule has 24 heavy (non-hydrogen) atoms. The van der Waals surface area contributed by atoms with Gasteiger partial charge in [-0.2, -0.15) is 0 Å². The zero-order valence-corrected chi connectivity index (χ0v) is 16.1. The summed E-state index contributed by atoms with van der Waals surface area (Å²) in [5, 5.41) is 5.85. The fourth-order valence-corrected chi connectivity index (χ4v) is 3.25. The summed E-state index contributed by atoms with van der Waals surface area (Å²) in [5.74, 6) is -0.00350. The third kappa shape index (κ3) is 8.16. The van der Waals surface area contributed by atoms with Crippen molar-refractivity contribution < 1.29 is 9.59 Å². The second-order valence-corrected chi connectivity index (χ2v) is 7.92. The average molecular weight is 339 g/mol. The van der Waals surface area contributed by atoms with Gasteiger partial charge in [0.2, 0.25) is 11.8 Å². The molecule has 0 bridgehead atoms. The Hall–Kier alpha value is -1.06.